The standard InChI is InChI=1S/C35H54N2O4/c1-11-13-14-15-18-23-37(25-26-19-16-17-20-30(26)41-35(9,10)31(38)40-12-2)32(39)36-29-24-27(33(3,4)5)21-22-28(29)34(6,7)8/h16-17,19-22,24H,11-15,18,23,25H2,1-10H3,(H,36,39). The van der Waals surface area contributed by atoms with Crippen LogP contribution in [0.3, 0.4) is 0 Å². The third-order valence-corrected chi connectivity index (χ3v) is 7.22. The van der Waals surface area contributed by atoms with Crippen LogP contribution in [0.1, 0.15) is 118 Å². The fourth-order valence-corrected chi connectivity index (χ4v) is 4.68. The summed E-state index contributed by atoms with van der Waals surface area (Å²) in [6, 6.07) is 13.9. The quantitative estimate of drug-likeness (QED) is 0.194. The van der Waals surface area contributed by atoms with Crippen molar-refractivity contribution >= 4 is 17.7 Å². The van der Waals surface area contributed by atoms with Crippen LogP contribution < -0.4 is 10.1 Å². The van der Waals surface area contributed by atoms with Crippen LogP contribution in [-0.2, 0) is 26.9 Å². The Bertz CT molecular complexity index is 1140. The Balaban J connectivity index is 2.40. The minimum absolute atomic E-state index is 0.0448. The first kappa shape index (κ1) is 34.2. The monoisotopic (exact) mass is 566 g/mol. The molecule has 0 radical (unpaired) electrons. The summed E-state index contributed by atoms with van der Waals surface area (Å²) in [4.78, 5) is 28.4. The zero-order valence-electron chi connectivity index (χ0n) is 27.3. The molecule has 0 aromatic heterocycles. The van der Waals surface area contributed by atoms with E-state index in [2.05, 4.69) is 72.0 Å². The Morgan fingerprint density at radius 3 is 2.10 bits per heavy atom. The predicted octanol–water partition coefficient (Wildman–Crippen LogP) is 9.01. The van der Waals surface area contributed by atoms with Crippen LogP contribution in [0.2, 0.25) is 0 Å². The second-order valence-corrected chi connectivity index (χ2v) is 13.5. The fraction of sp³-hybridized carbons (Fsp3) is 0.600. The maximum absolute atomic E-state index is 14.0. The van der Waals surface area contributed by atoms with Crippen LogP contribution in [0.4, 0.5) is 10.5 Å². The highest BCUT2D eigenvalue weighted by molar-refractivity contribution is 5.90. The highest BCUT2D eigenvalue weighted by Gasteiger charge is 2.32. The molecule has 0 aliphatic rings. The molecule has 0 heterocycles. The van der Waals surface area contributed by atoms with Crippen molar-refractivity contribution in [3.63, 3.8) is 0 Å². The van der Waals surface area contributed by atoms with Crippen LogP contribution >= 0.6 is 0 Å². The lowest BCUT2D eigenvalue weighted by atomic mass is 9.81. The summed E-state index contributed by atoms with van der Waals surface area (Å²) < 4.78 is 11.4. The highest BCUT2D eigenvalue weighted by atomic mass is 16.6. The number of anilines is 1. The molecular weight excluding hydrogens is 512 g/mol. The van der Waals surface area contributed by atoms with E-state index in [1.54, 1.807) is 20.8 Å². The zero-order valence-corrected chi connectivity index (χ0v) is 27.3. The number of hydrogen-bond donors (Lipinski definition) is 1. The van der Waals surface area contributed by atoms with Crippen LogP contribution in [0, 0.1) is 0 Å². The van der Waals surface area contributed by atoms with Crippen molar-refractivity contribution in [3.8, 4) is 5.75 Å². The first-order valence-electron chi connectivity index (χ1n) is 15.2. The number of esters is 1. The highest BCUT2D eigenvalue weighted by Crippen LogP contribution is 2.34. The van der Waals surface area contributed by atoms with Gasteiger partial charge in [0.1, 0.15) is 5.75 Å². The van der Waals surface area contributed by atoms with Gasteiger partial charge in [-0.1, -0.05) is 104 Å². The van der Waals surface area contributed by atoms with Gasteiger partial charge in [0, 0.05) is 17.8 Å². The zero-order chi connectivity index (χ0) is 30.8. The molecule has 2 rings (SSSR count). The molecule has 0 fully saturated rings. The number of carbonyl (C=O) groups excluding carboxylic acids is 2. The van der Waals surface area contributed by atoms with Crippen LogP contribution in [0.15, 0.2) is 42.5 Å². The summed E-state index contributed by atoms with van der Waals surface area (Å²) in [5, 5.41) is 3.28. The van der Waals surface area contributed by atoms with Gasteiger partial charge in [0.25, 0.3) is 0 Å². The number of carbonyl (C=O) groups is 2. The van der Waals surface area contributed by atoms with Gasteiger partial charge in [-0.25, -0.2) is 9.59 Å². The number of urea groups is 1. The third kappa shape index (κ3) is 10.4. The molecule has 0 aliphatic heterocycles. The van der Waals surface area contributed by atoms with Gasteiger partial charge in [0.15, 0.2) is 5.60 Å². The summed E-state index contributed by atoms with van der Waals surface area (Å²) in [7, 11) is 0. The molecular formula is C35H54N2O4. The Hall–Kier alpha value is -3.02. The third-order valence-electron chi connectivity index (χ3n) is 7.22. The van der Waals surface area contributed by atoms with Gasteiger partial charge < -0.3 is 19.7 Å². The number of para-hydroxylation sites is 1. The SMILES string of the molecule is CCCCCCCN(Cc1ccccc1OC(C)(C)C(=O)OCC)C(=O)Nc1cc(C(C)(C)C)ccc1C(C)(C)C. The molecule has 1 N–H and O–H groups in total. The van der Waals surface area contributed by atoms with Gasteiger partial charge in [-0.3, -0.25) is 0 Å². The van der Waals surface area contributed by atoms with E-state index in [4.69, 9.17) is 9.47 Å². The molecule has 2 aromatic carbocycles. The summed E-state index contributed by atoms with van der Waals surface area (Å²) >= 11 is 0. The van der Waals surface area contributed by atoms with E-state index < -0.39 is 11.6 Å². The molecule has 2 amide bonds. The van der Waals surface area contributed by atoms with Crippen molar-refractivity contribution in [3.05, 3.63) is 59.2 Å². The number of ether oxygens (including phenoxy) is 2. The van der Waals surface area contributed by atoms with E-state index in [1.165, 1.54) is 18.4 Å². The molecule has 0 atom stereocenters. The lowest BCUT2D eigenvalue weighted by molar-refractivity contribution is -0.158. The number of nitrogens with one attached hydrogen (secondary N) is 1. The summed E-state index contributed by atoms with van der Waals surface area (Å²) in [5.41, 5.74) is 2.62. The summed E-state index contributed by atoms with van der Waals surface area (Å²) in [5.74, 6) is 0.146. The fourth-order valence-electron chi connectivity index (χ4n) is 4.68. The Morgan fingerprint density at radius 2 is 1.49 bits per heavy atom. The van der Waals surface area contributed by atoms with Crippen LogP contribution in [0.5, 0.6) is 5.75 Å². The normalized spacial score (nSPS) is 12.1. The molecule has 0 unspecified atom stereocenters. The minimum Gasteiger partial charge on any atom is -0.476 e. The maximum atomic E-state index is 14.0. The second kappa shape index (κ2) is 14.7. The molecule has 6 nitrogen and oxygen atoms in total. The molecule has 228 valence electrons. The molecule has 0 bridgehead atoms. The minimum atomic E-state index is -1.16. The van der Waals surface area contributed by atoms with E-state index >= 15 is 0 Å². The second-order valence-electron chi connectivity index (χ2n) is 13.5. The van der Waals surface area contributed by atoms with Gasteiger partial charge in [-0.05, 0) is 61.3 Å². The maximum Gasteiger partial charge on any atom is 0.349 e. The van der Waals surface area contributed by atoms with Crippen molar-refractivity contribution in [1.29, 1.82) is 0 Å². The number of amides is 2. The summed E-state index contributed by atoms with van der Waals surface area (Å²) in [6.45, 7) is 21.7. The Labute approximate surface area is 249 Å². The summed E-state index contributed by atoms with van der Waals surface area (Å²) in [6.07, 6.45) is 5.50. The molecule has 0 spiro atoms. The van der Waals surface area contributed by atoms with Gasteiger partial charge >= 0.3 is 12.0 Å². The van der Waals surface area contributed by atoms with Crippen molar-refractivity contribution < 1.29 is 19.1 Å². The molecule has 2 aromatic rings. The van der Waals surface area contributed by atoms with Crippen molar-refractivity contribution in [1.82, 2.24) is 4.90 Å². The largest absolute Gasteiger partial charge is 0.476 e. The number of hydrogen-bond acceptors (Lipinski definition) is 4. The average molecular weight is 567 g/mol. The van der Waals surface area contributed by atoms with Crippen molar-refractivity contribution in [2.45, 2.75) is 124 Å². The number of rotatable bonds is 13. The predicted molar refractivity (Wildman–Crippen MR) is 170 cm³/mol. The van der Waals surface area contributed by atoms with E-state index in [-0.39, 0.29) is 23.5 Å². The molecule has 0 aliphatic carbocycles. The van der Waals surface area contributed by atoms with E-state index in [0.717, 1.165) is 36.1 Å². The van der Waals surface area contributed by atoms with Crippen molar-refractivity contribution in [2.24, 2.45) is 0 Å². The average Bonchev–Trinajstić information content (AvgIpc) is 2.87. The Kier molecular flexibility index (Phi) is 12.3. The van der Waals surface area contributed by atoms with E-state index in [0.29, 0.717) is 18.8 Å². The first-order chi connectivity index (χ1) is 19.1. The molecule has 41 heavy (non-hydrogen) atoms. The molecule has 0 saturated carbocycles. The molecule has 6 heteroatoms. The number of unbranched alkanes of at least 4 members (excludes halogenated alkanes) is 4. The smallest absolute Gasteiger partial charge is 0.349 e. The lowest BCUT2D eigenvalue weighted by Crippen LogP contribution is -2.40. The topological polar surface area (TPSA) is 67.9 Å². The Morgan fingerprint density at radius 1 is 0.829 bits per heavy atom. The van der Waals surface area contributed by atoms with E-state index in [1.807, 2.05) is 29.2 Å². The first-order valence-corrected chi connectivity index (χ1v) is 15.2. The van der Waals surface area contributed by atoms with Crippen LogP contribution in [0.25, 0.3) is 0 Å². The van der Waals surface area contributed by atoms with E-state index in [9.17, 15) is 9.59 Å². The van der Waals surface area contributed by atoms with Gasteiger partial charge in [0.05, 0.1) is 13.2 Å². The van der Waals surface area contributed by atoms with Gasteiger partial charge in [-0.15, -0.1) is 0 Å². The van der Waals surface area contributed by atoms with Crippen molar-refractivity contribution in [2.75, 3.05) is 18.5 Å². The lowest BCUT2D eigenvalue weighted by Gasteiger charge is -2.30. The van der Waals surface area contributed by atoms with Gasteiger partial charge in [0.2, 0.25) is 0 Å². The number of benzene rings is 2. The van der Waals surface area contributed by atoms with Crippen LogP contribution in [-0.4, -0.2) is 35.7 Å². The van der Waals surface area contributed by atoms with Gasteiger partial charge in [-0.2, -0.15) is 0 Å². The molecule has 0 saturated heterocycles. The number of nitrogens with zero attached hydrogens (tertiary/aromatic N) is 1.